The molecule has 0 saturated heterocycles. The van der Waals surface area contributed by atoms with Crippen LogP contribution in [-0.2, 0) is 6.42 Å². The molecule has 0 aliphatic heterocycles. The molecular weight excluding hydrogens is 370 g/mol. The Morgan fingerprint density at radius 3 is 2.96 bits per heavy atom. The van der Waals surface area contributed by atoms with Gasteiger partial charge in [-0.25, -0.2) is 9.97 Å². The van der Waals surface area contributed by atoms with E-state index in [1.807, 2.05) is 0 Å². The number of aryl methyl sites for hydroxylation is 1. The van der Waals surface area contributed by atoms with Gasteiger partial charge in [-0.2, -0.15) is 8.78 Å². The Hall–Kier alpha value is -3.36. The van der Waals surface area contributed by atoms with E-state index in [0.717, 1.165) is 24.0 Å². The highest BCUT2D eigenvalue weighted by Gasteiger charge is 2.24. The molecule has 0 saturated carbocycles. The van der Waals surface area contributed by atoms with E-state index in [1.54, 1.807) is 12.1 Å². The largest absolute Gasteiger partial charge is 0.435 e. The lowest BCUT2D eigenvalue weighted by Gasteiger charge is -2.26. The fourth-order valence-corrected chi connectivity index (χ4v) is 3.44. The fourth-order valence-electron chi connectivity index (χ4n) is 3.44. The number of carbonyl (C=O) groups is 1. The van der Waals surface area contributed by atoms with Crippen LogP contribution in [-0.4, -0.2) is 27.5 Å². The number of aromatic nitrogens is 3. The molecule has 2 aromatic heterocycles. The van der Waals surface area contributed by atoms with Crippen molar-refractivity contribution in [2.24, 2.45) is 0 Å². The van der Waals surface area contributed by atoms with E-state index in [4.69, 9.17) is 0 Å². The van der Waals surface area contributed by atoms with E-state index in [0.29, 0.717) is 11.9 Å². The van der Waals surface area contributed by atoms with E-state index < -0.39 is 12.5 Å². The molecular formula is C19H16F2N4O3. The maximum Gasteiger partial charge on any atom is 0.387 e. The third-order valence-electron chi connectivity index (χ3n) is 4.72. The number of aromatic amines is 1. The topological polar surface area (TPSA) is 97.0 Å². The zero-order valence-corrected chi connectivity index (χ0v) is 14.6. The average Bonchev–Trinajstić information content (AvgIpc) is 2.67. The van der Waals surface area contributed by atoms with Crippen LogP contribution in [0.15, 0.2) is 41.6 Å². The second kappa shape index (κ2) is 7.34. The number of nitrogens with zero attached hydrogens (tertiary/aromatic N) is 2. The van der Waals surface area contributed by atoms with Gasteiger partial charge in [0.1, 0.15) is 11.4 Å². The minimum atomic E-state index is -2.88. The Morgan fingerprint density at radius 1 is 1.29 bits per heavy atom. The summed E-state index contributed by atoms with van der Waals surface area (Å²) in [4.78, 5) is 35.1. The first-order chi connectivity index (χ1) is 13.5. The molecule has 7 nitrogen and oxygen atoms in total. The summed E-state index contributed by atoms with van der Waals surface area (Å²) in [5.41, 5.74) is 1.88. The van der Waals surface area contributed by atoms with Crippen molar-refractivity contribution < 1.29 is 18.3 Å². The second-order valence-corrected chi connectivity index (χ2v) is 6.48. The highest BCUT2D eigenvalue weighted by atomic mass is 19.3. The lowest BCUT2D eigenvalue weighted by Crippen LogP contribution is -2.31. The van der Waals surface area contributed by atoms with E-state index >= 15 is 0 Å². The Morgan fingerprint density at radius 2 is 2.14 bits per heavy atom. The molecule has 1 amide bonds. The van der Waals surface area contributed by atoms with Crippen LogP contribution < -0.4 is 15.6 Å². The number of ether oxygens (including phenoxy) is 1. The zero-order valence-electron chi connectivity index (χ0n) is 14.6. The monoisotopic (exact) mass is 386 g/mol. The van der Waals surface area contributed by atoms with Gasteiger partial charge in [0.15, 0.2) is 0 Å². The third kappa shape index (κ3) is 3.55. The summed E-state index contributed by atoms with van der Waals surface area (Å²) in [6.07, 6.45) is 4.88. The Balaban J connectivity index is 1.58. The minimum Gasteiger partial charge on any atom is -0.435 e. The molecule has 2 heterocycles. The predicted molar refractivity (Wildman–Crippen MR) is 96.4 cm³/mol. The molecule has 0 bridgehead atoms. The van der Waals surface area contributed by atoms with Crippen LogP contribution in [0.4, 0.5) is 8.78 Å². The number of rotatable bonds is 4. The molecule has 3 aromatic rings. The van der Waals surface area contributed by atoms with Crippen molar-refractivity contribution in [1.29, 1.82) is 0 Å². The number of carbonyl (C=O) groups excluding carboxylic acids is 1. The first-order valence-corrected chi connectivity index (χ1v) is 8.73. The van der Waals surface area contributed by atoms with Crippen LogP contribution in [0.1, 0.15) is 40.5 Å². The van der Waals surface area contributed by atoms with Gasteiger partial charge in [-0.05, 0) is 48.6 Å². The van der Waals surface area contributed by atoms with Gasteiger partial charge in [0.25, 0.3) is 11.5 Å². The number of hydrogen-bond donors (Lipinski definition) is 2. The van der Waals surface area contributed by atoms with E-state index in [9.17, 15) is 18.4 Å². The van der Waals surface area contributed by atoms with Gasteiger partial charge in [0.05, 0.1) is 29.5 Å². The number of amides is 1. The lowest BCUT2D eigenvalue weighted by molar-refractivity contribution is -0.0499. The molecule has 2 N–H and O–H groups in total. The summed E-state index contributed by atoms with van der Waals surface area (Å²) in [5.74, 6) is -0.320. The summed E-state index contributed by atoms with van der Waals surface area (Å²) in [6.45, 7) is -2.88. The van der Waals surface area contributed by atoms with Crippen molar-refractivity contribution in [3.63, 3.8) is 0 Å². The van der Waals surface area contributed by atoms with Crippen LogP contribution >= 0.6 is 0 Å². The standard InChI is InChI=1S/C19H16F2N4O3/c20-19(21)28-11-4-5-12-10(6-11)2-1-3-14(12)25-18(27)15-7-13-16(8-22-15)23-9-24-17(13)26/h4-9,14,19H,1-3H2,(H,25,27)(H,23,24,26). The number of benzene rings is 1. The highest BCUT2D eigenvalue weighted by molar-refractivity contribution is 5.95. The number of halogens is 2. The van der Waals surface area contributed by atoms with E-state index in [1.165, 1.54) is 24.7 Å². The number of nitrogens with one attached hydrogen (secondary N) is 2. The van der Waals surface area contributed by atoms with Crippen LogP contribution in [0.3, 0.4) is 0 Å². The Bertz CT molecular complexity index is 1100. The van der Waals surface area contributed by atoms with Crippen molar-refractivity contribution in [2.45, 2.75) is 31.9 Å². The maximum absolute atomic E-state index is 12.7. The summed E-state index contributed by atoms with van der Waals surface area (Å²) in [7, 11) is 0. The van der Waals surface area contributed by atoms with Gasteiger partial charge in [-0.1, -0.05) is 6.07 Å². The lowest BCUT2D eigenvalue weighted by atomic mass is 9.87. The molecule has 1 atom stereocenters. The minimum absolute atomic E-state index is 0.101. The molecule has 0 spiro atoms. The van der Waals surface area contributed by atoms with Gasteiger partial charge in [0.2, 0.25) is 0 Å². The van der Waals surface area contributed by atoms with Crippen LogP contribution in [0.5, 0.6) is 5.75 Å². The molecule has 0 radical (unpaired) electrons. The van der Waals surface area contributed by atoms with Crippen molar-refractivity contribution in [3.05, 3.63) is 64.0 Å². The van der Waals surface area contributed by atoms with Gasteiger partial charge < -0.3 is 15.0 Å². The van der Waals surface area contributed by atoms with Gasteiger partial charge in [-0.3, -0.25) is 9.59 Å². The smallest absolute Gasteiger partial charge is 0.387 e. The normalized spacial score (nSPS) is 16.0. The van der Waals surface area contributed by atoms with Crippen molar-refractivity contribution in [2.75, 3.05) is 0 Å². The first-order valence-electron chi connectivity index (χ1n) is 8.73. The van der Waals surface area contributed by atoms with Crippen LogP contribution in [0.25, 0.3) is 10.9 Å². The van der Waals surface area contributed by atoms with Gasteiger partial charge in [0, 0.05) is 0 Å². The summed E-state index contributed by atoms with van der Waals surface area (Å²) < 4.78 is 29.3. The van der Waals surface area contributed by atoms with Gasteiger partial charge >= 0.3 is 6.61 Å². The number of hydrogen-bond acceptors (Lipinski definition) is 5. The van der Waals surface area contributed by atoms with E-state index in [2.05, 4.69) is 25.0 Å². The average molecular weight is 386 g/mol. The molecule has 1 aromatic carbocycles. The van der Waals surface area contributed by atoms with Gasteiger partial charge in [-0.15, -0.1) is 0 Å². The number of H-pyrrole nitrogens is 1. The molecule has 144 valence electrons. The van der Waals surface area contributed by atoms with E-state index in [-0.39, 0.29) is 28.4 Å². The second-order valence-electron chi connectivity index (χ2n) is 6.48. The van der Waals surface area contributed by atoms with Crippen molar-refractivity contribution in [1.82, 2.24) is 20.3 Å². The van der Waals surface area contributed by atoms with Crippen molar-refractivity contribution in [3.8, 4) is 5.75 Å². The quantitative estimate of drug-likeness (QED) is 0.719. The fraction of sp³-hybridized carbons (Fsp3) is 0.263. The van der Waals surface area contributed by atoms with Crippen molar-refractivity contribution >= 4 is 16.8 Å². The van der Waals surface area contributed by atoms with Crippen LogP contribution in [0.2, 0.25) is 0 Å². The van der Waals surface area contributed by atoms with Crippen LogP contribution in [0, 0.1) is 0 Å². The SMILES string of the molecule is O=C(NC1CCCc2cc(OC(F)F)ccc21)c1cc2c(=O)[nH]cnc2cn1. The summed E-state index contributed by atoms with van der Waals surface area (Å²) in [5, 5.41) is 3.19. The summed E-state index contributed by atoms with van der Waals surface area (Å²) >= 11 is 0. The Labute approximate surface area is 157 Å². The maximum atomic E-state index is 12.7. The highest BCUT2D eigenvalue weighted by Crippen LogP contribution is 2.32. The molecule has 4 rings (SSSR count). The summed E-state index contributed by atoms with van der Waals surface area (Å²) in [6, 6.07) is 5.87. The molecule has 1 aliphatic carbocycles. The molecule has 0 fully saturated rings. The molecule has 9 heteroatoms. The zero-order chi connectivity index (χ0) is 19.7. The molecule has 28 heavy (non-hydrogen) atoms. The molecule has 1 unspecified atom stereocenters. The first kappa shape index (κ1) is 18.0. The predicted octanol–water partition coefficient (Wildman–Crippen LogP) is 2.73. The number of alkyl halides is 2. The molecule has 1 aliphatic rings. The number of fused-ring (bicyclic) bond motifs is 2. The number of pyridine rings is 1. The third-order valence-corrected chi connectivity index (χ3v) is 4.72. The Kier molecular flexibility index (Phi) is 4.72.